The highest BCUT2D eigenvalue weighted by Gasteiger charge is 2.12. The van der Waals surface area contributed by atoms with E-state index >= 15 is 0 Å². The number of aromatic nitrogens is 2. The highest BCUT2D eigenvalue weighted by Crippen LogP contribution is 2.27. The van der Waals surface area contributed by atoms with Crippen LogP contribution in [0.15, 0.2) is 24.4 Å². The number of benzene rings is 1. The molecule has 2 rings (SSSR count). The van der Waals surface area contributed by atoms with E-state index in [1.165, 1.54) is 6.20 Å². The molecule has 0 aliphatic heterocycles. The number of aryl methyl sites for hydroxylation is 1. The molecular formula is C16H18N4O2. The Morgan fingerprint density at radius 2 is 2.27 bits per heavy atom. The Morgan fingerprint density at radius 3 is 2.95 bits per heavy atom. The van der Waals surface area contributed by atoms with Crippen LogP contribution in [0.5, 0.6) is 5.75 Å². The largest absolute Gasteiger partial charge is 0.483 e. The number of nitriles is 1. The quantitative estimate of drug-likeness (QED) is 0.888. The first kappa shape index (κ1) is 15.6. The van der Waals surface area contributed by atoms with Crippen molar-refractivity contribution in [2.75, 3.05) is 11.9 Å². The normalized spacial score (nSPS) is 10.3. The topological polar surface area (TPSA) is 90.8 Å². The number of nitrogens with zero attached hydrogens (tertiary/aromatic N) is 2. The summed E-state index contributed by atoms with van der Waals surface area (Å²) in [5.74, 6) is 0.938. The summed E-state index contributed by atoms with van der Waals surface area (Å²) in [6.07, 6.45) is 1.36. The fraction of sp³-hybridized carbons (Fsp3) is 0.312. The molecule has 0 saturated carbocycles. The molecule has 2 aromatic rings. The first-order valence-corrected chi connectivity index (χ1v) is 6.98. The van der Waals surface area contributed by atoms with Gasteiger partial charge in [0.15, 0.2) is 6.61 Å². The molecule has 6 heteroatoms. The third-order valence-electron chi connectivity index (χ3n) is 3.17. The van der Waals surface area contributed by atoms with Gasteiger partial charge in [-0.15, -0.1) is 0 Å². The van der Waals surface area contributed by atoms with Crippen molar-refractivity contribution in [2.24, 2.45) is 0 Å². The first-order valence-electron chi connectivity index (χ1n) is 6.98. The average Bonchev–Trinajstić information content (AvgIpc) is 2.92. The molecule has 1 heterocycles. The lowest BCUT2D eigenvalue weighted by Gasteiger charge is -2.14. The average molecular weight is 298 g/mol. The lowest BCUT2D eigenvalue weighted by Crippen LogP contribution is -2.21. The van der Waals surface area contributed by atoms with Crippen molar-refractivity contribution in [2.45, 2.75) is 26.7 Å². The van der Waals surface area contributed by atoms with Crippen molar-refractivity contribution in [3.63, 3.8) is 0 Å². The number of ether oxygens (including phenoxy) is 1. The molecule has 0 bridgehead atoms. The minimum Gasteiger partial charge on any atom is -0.483 e. The maximum Gasteiger partial charge on any atom is 0.263 e. The zero-order valence-electron chi connectivity index (χ0n) is 12.8. The Balaban J connectivity index is 2.03. The third-order valence-corrected chi connectivity index (χ3v) is 3.17. The van der Waals surface area contributed by atoms with Crippen LogP contribution in [0.3, 0.4) is 0 Å². The highest BCUT2D eigenvalue weighted by molar-refractivity contribution is 5.92. The van der Waals surface area contributed by atoms with Gasteiger partial charge in [-0.2, -0.15) is 10.4 Å². The maximum atomic E-state index is 11.9. The summed E-state index contributed by atoms with van der Waals surface area (Å²) in [4.78, 5) is 11.9. The second-order valence-electron chi connectivity index (χ2n) is 5.30. The molecule has 1 aromatic heterocycles. The third kappa shape index (κ3) is 3.64. The van der Waals surface area contributed by atoms with Gasteiger partial charge in [0.2, 0.25) is 0 Å². The predicted octanol–water partition coefficient (Wildman–Crippen LogP) is 2.73. The molecule has 0 aliphatic carbocycles. The number of hydrogen-bond donors (Lipinski definition) is 2. The number of anilines is 1. The van der Waals surface area contributed by atoms with Gasteiger partial charge in [0, 0.05) is 0 Å². The van der Waals surface area contributed by atoms with Crippen molar-refractivity contribution < 1.29 is 9.53 Å². The molecule has 2 N–H and O–H groups in total. The predicted molar refractivity (Wildman–Crippen MR) is 82.7 cm³/mol. The van der Waals surface area contributed by atoms with Gasteiger partial charge in [-0.25, -0.2) is 0 Å². The lowest BCUT2D eigenvalue weighted by atomic mass is 10.0. The summed E-state index contributed by atoms with van der Waals surface area (Å²) in [5.41, 5.74) is 2.41. The summed E-state index contributed by atoms with van der Waals surface area (Å²) >= 11 is 0. The fourth-order valence-electron chi connectivity index (χ4n) is 2.03. The minimum atomic E-state index is -0.350. The second-order valence-corrected chi connectivity index (χ2v) is 5.30. The summed E-state index contributed by atoms with van der Waals surface area (Å²) < 4.78 is 5.63. The SMILES string of the molecule is Cc1ccc(C(C)C)c(OCC(=O)Nc2[nH]ncc2C#N)c1. The summed E-state index contributed by atoms with van der Waals surface area (Å²) in [6, 6.07) is 7.88. The number of amides is 1. The molecule has 1 amide bonds. The Kier molecular flexibility index (Phi) is 4.79. The smallest absolute Gasteiger partial charge is 0.263 e. The number of hydrogen-bond acceptors (Lipinski definition) is 4. The molecule has 0 atom stereocenters. The molecule has 1 aromatic carbocycles. The van der Waals surface area contributed by atoms with Crippen LogP contribution in [0, 0.1) is 18.3 Å². The number of H-pyrrole nitrogens is 1. The van der Waals surface area contributed by atoms with E-state index in [4.69, 9.17) is 10.00 Å². The Hall–Kier alpha value is -2.81. The number of nitrogens with one attached hydrogen (secondary N) is 2. The first-order chi connectivity index (χ1) is 10.5. The highest BCUT2D eigenvalue weighted by atomic mass is 16.5. The molecule has 6 nitrogen and oxygen atoms in total. The van der Waals surface area contributed by atoms with Gasteiger partial charge in [-0.1, -0.05) is 26.0 Å². The molecule has 0 saturated heterocycles. The van der Waals surface area contributed by atoms with Crippen LogP contribution in [0.2, 0.25) is 0 Å². The monoisotopic (exact) mass is 298 g/mol. The van der Waals surface area contributed by atoms with E-state index < -0.39 is 0 Å². The van der Waals surface area contributed by atoms with Crippen LogP contribution in [0.4, 0.5) is 5.82 Å². The molecule has 0 aliphatic rings. The van der Waals surface area contributed by atoms with E-state index in [0.717, 1.165) is 11.1 Å². The zero-order valence-corrected chi connectivity index (χ0v) is 12.8. The summed E-state index contributed by atoms with van der Waals surface area (Å²) in [7, 11) is 0. The van der Waals surface area contributed by atoms with Crippen molar-refractivity contribution in [3.05, 3.63) is 41.1 Å². The van der Waals surface area contributed by atoms with E-state index in [0.29, 0.717) is 11.7 Å². The molecule has 0 spiro atoms. The molecular weight excluding hydrogens is 280 g/mol. The van der Waals surface area contributed by atoms with Crippen LogP contribution in [0.1, 0.15) is 36.5 Å². The van der Waals surface area contributed by atoms with Crippen molar-refractivity contribution in [1.82, 2.24) is 10.2 Å². The van der Waals surface area contributed by atoms with Crippen LogP contribution in [-0.2, 0) is 4.79 Å². The van der Waals surface area contributed by atoms with E-state index in [1.54, 1.807) is 0 Å². The van der Waals surface area contributed by atoms with E-state index in [9.17, 15) is 4.79 Å². The summed E-state index contributed by atoms with van der Waals surface area (Å²) in [5, 5.41) is 17.7. The molecule has 0 unspecified atom stereocenters. The van der Waals surface area contributed by atoms with Crippen LogP contribution in [0.25, 0.3) is 0 Å². The molecule has 114 valence electrons. The lowest BCUT2D eigenvalue weighted by molar-refractivity contribution is -0.118. The van der Waals surface area contributed by atoms with Crippen molar-refractivity contribution in [3.8, 4) is 11.8 Å². The van der Waals surface area contributed by atoms with E-state index in [1.807, 2.05) is 31.2 Å². The maximum absolute atomic E-state index is 11.9. The summed E-state index contributed by atoms with van der Waals surface area (Å²) in [6.45, 7) is 5.98. The van der Waals surface area contributed by atoms with Gasteiger partial charge in [0.1, 0.15) is 23.2 Å². The van der Waals surface area contributed by atoms with Gasteiger partial charge in [-0.3, -0.25) is 9.89 Å². The number of carbonyl (C=O) groups excluding carboxylic acids is 1. The number of carbonyl (C=O) groups is 1. The Bertz CT molecular complexity index is 713. The standard InChI is InChI=1S/C16H18N4O2/c1-10(2)13-5-4-11(3)6-14(13)22-9-15(21)19-16-12(7-17)8-18-20-16/h4-6,8,10H,9H2,1-3H3,(H2,18,19,20,21). The van der Waals surface area contributed by atoms with Crippen LogP contribution < -0.4 is 10.1 Å². The van der Waals surface area contributed by atoms with Gasteiger partial charge < -0.3 is 10.1 Å². The van der Waals surface area contributed by atoms with Crippen molar-refractivity contribution >= 4 is 11.7 Å². The van der Waals surface area contributed by atoms with Gasteiger partial charge in [0.05, 0.1) is 6.20 Å². The zero-order chi connectivity index (χ0) is 16.1. The minimum absolute atomic E-state index is 0.132. The Labute approximate surface area is 129 Å². The van der Waals surface area contributed by atoms with Gasteiger partial charge in [0.25, 0.3) is 5.91 Å². The van der Waals surface area contributed by atoms with Crippen LogP contribution >= 0.6 is 0 Å². The Morgan fingerprint density at radius 1 is 1.50 bits per heavy atom. The number of aromatic amines is 1. The second kappa shape index (κ2) is 6.76. The fourth-order valence-corrected chi connectivity index (χ4v) is 2.03. The van der Waals surface area contributed by atoms with Crippen molar-refractivity contribution in [1.29, 1.82) is 5.26 Å². The van der Waals surface area contributed by atoms with Gasteiger partial charge in [-0.05, 0) is 30.0 Å². The molecule has 0 radical (unpaired) electrons. The number of rotatable bonds is 5. The van der Waals surface area contributed by atoms with Gasteiger partial charge >= 0.3 is 0 Å². The van der Waals surface area contributed by atoms with E-state index in [2.05, 4.69) is 29.4 Å². The van der Waals surface area contributed by atoms with E-state index in [-0.39, 0.29) is 23.9 Å². The molecule has 22 heavy (non-hydrogen) atoms. The van der Waals surface area contributed by atoms with Crippen LogP contribution in [-0.4, -0.2) is 22.7 Å². The molecule has 0 fully saturated rings.